The molecule has 1 atom stereocenters. The number of nitrogens with zero attached hydrogens (tertiary/aromatic N) is 1. The van der Waals surface area contributed by atoms with Crippen molar-refractivity contribution < 1.29 is 14.0 Å². The summed E-state index contributed by atoms with van der Waals surface area (Å²) in [5, 5.41) is 3.42. The Morgan fingerprint density at radius 2 is 2.00 bits per heavy atom. The molecule has 0 fully saturated rings. The van der Waals surface area contributed by atoms with Crippen LogP contribution in [0.3, 0.4) is 0 Å². The molecule has 0 radical (unpaired) electrons. The quantitative estimate of drug-likeness (QED) is 0.688. The van der Waals surface area contributed by atoms with Crippen LogP contribution in [0.2, 0.25) is 4.47 Å². The summed E-state index contributed by atoms with van der Waals surface area (Å²) in [7, 11) is 0. The first-order valence-electron chi connectivity index (χ1n) is 7.13. The third-order valence-corrected chi connectivity index (χ3v) is 4.00. The van der Waals surface area contributed by atoms with Crippen LogP contribution in [0.25, 0.3) is 0 Å². The topological polar surface area (TPSA) is 59.1 Å². The highest BCUT2D eigenvalue weighted by atomic mass is 35.5. The van der Waals surface area contributed by atoms with Gasteiger partial charge in [-0.05, 0) is 6.42 Å². The maximum Gasteiger partial charge on any atom is 0.267 e. The van der Waals surface area contributed by atoms with Gasteiger partial charge in [-0.15, -0.1) is 11.3 Å². The Bertz CT molecular complexity index is 468. The van der Waals surface area contributed by atoms with E-state index in [9.17, 15) is 14.0 Å². The molecule has 1 heterocycles. The maximum atomic E-state index is 13.8. The highest BCUT2D eigenvalue weighted by molar-refractivity contribution is 7.14. The number of alkyl halides is 1. The lowest BCUT2D eigenvalue weighted by Gasteiger charge is -2.06. The summed E-state index contributed by atoms with van der Waals surface area (Å²) in [5.41, 5.74) is -0.0603. The summed E-state index contributed by atoms with van der Waals surface area (Å²) >= 11 is 6.62. The second-order valence-electron chi connectivity index (χ2n) is 4.82. The predicted octanol–water partition coefficient (Wildman–Crippen LogP) is 4.20. The number of halogens is 2. The molecule has 1 unspecified atom stereocenters. The first-order valence-corrected chi connectivity index (χ1v) is 8.39. The van der Waals surface area contributed by atoms with Gasteiger partial charge in [-0.25, -0.2) is 9.37 Å². The van der Waals surface area contributed by atoms with Crippen LogP contribution in [0.1, 0.15) is 63.7 Å². The number of aromatic nitrogens is 1. The number of carbonyl (C=O) groups excluding carboxylic acids is 2. The number of rotatable bonds is 9. The van der Waals surface area contributed by atoms with Crippen LogP contribution < -0.4 is 5.32 Å². The molecule has 0 aromatic carbocycles. The van der Waals surface area contributed by atoms with Crippen molar-refractivity contribution in [2.45, 2.75) is 58.0 Å². The zero-order chi connectivity index (χ0) is 15.7. The normalized spacial score (nSPS) is 12.1. The number of hydrogen-bond acceptors (Lipinski definition) is 4. The van der Waals surface area contributed by atoms with Gasteiger partial charge in [0.1, 0.15) is 0 Å². The van der Waals surface area contributed by atoms with E-state index in [0.29, 0.717) is 6.42 Å². The van der Waals surface area contributed by atoms with E-state index in [2.05, 4.69) is 17.2 Å². The lowest BCUT2D eigenvalue weighted by atomic mass is 10.1. The Morgan fingerprint density at radius 3 is 2.62 bits per heavy atom. The Labute approximate surface area is 133 Å². The van der Waals surface area contributed by atoms with Gasteiger partial charge in [0.05, 0.1) is 5.69 Å². The highest BCUT2D eigenvalue weighted by Gasteiger charge is 2.23. The molecule has 1 aromatic rings. The summed E-state index contributed by atoms with van der Waals surface area (Å²) in [6.45, 7) is 2.14. The Morgan fingerprint density at radius 1 is 1.33 bits per heavy atom. The van der Waals surface area contributed by atoms with Gasteiger partial charge in [0, 0.05) is 11.8 Å². The Hall–Kier alpha value is -1.01. The summed E-state index contributed by atoms with van der Waals surface area (Å²) in [6, 6.07) is 0. The van der Waals surface area contributed by atoms with Crippen molar-refractivity contribution in [3.05, 3.63) is 15.5 Å². The fraction of sp³-hybridized carbons (Fsp3) is 0.643. The zero-order valence-corrected chi connectivity index (χ0v) is 13.6. The van der Waals surface area contributed by atoms with Crippen molar-refractivity contribution in [2.24, 2.45) is 0 Å². The van der Waals surface area contributed by atoms with Crippen LogP contribution in [0, 0.1) is 0 Å². The number of imide groups is 1. The molecule has 0 aliphatic rings. The number of carbonyl (C=O) groups is 2. The third kappa shape index (κ3) is 7.00. The van der Waals surface area contributed by atoms with E-state index < -0.39 is 18.0 Å². The van der Waals surface area contributed by atoms with Gasteiger partial charge in [-0.2, -0.15) is 0 Å². The lowest BCUT2D eigenvalue weighted by molar-refractivity contribution is -0.133. The molecule has 0 spiro atoms. The number of nitrogens with one attached hydrogen (secondary N) is 1. The van der Waals surface area contributed by atoms with Gasteiger partial charge in [0.2, 0.25) is 12.1 Å². The predicted molar refractivity (Wildman–Crippen MR) is 82.1 cm³/mol. The molecule has 4 nitrogen and oxygen atoms in total. The van der Waals surface area contributed by atoms with Gasteiger partial charge in [0.25, 0.3) is 5.91 Å². The van der Waals surface area contributed by atoms with Crippen molar-refractivity contribution >= 4 is 34.8 Å². The summed E-state index contributed by atoms with van der Waals surface area (Å²) in [6.07, 6.45) is 4.55. The Kier molecular flexibility index (Phi) is 8.45. The second kappa shape index (κ2) is 9.84. The minimum atomic E-state index is -1.96. The molecule has 1 aromatic heterocycles. The van der Waals surface area contributed by atoms with Crippen LogP contribution in [-0.2, 0) is 9.59 Å². The minimum absolute atomic E-state index is 0.0603. The van der Waals surface area contributed by atoms with E-state index in [-0.39, 0.29) is 16.6 Å². The monoisotopic (exact) mass is 334 g/mol. The molecule has 7 heteroatoms. The van der Waals surface area contributed by atoms with E-state index in [0.717, 1.165) is 30.6 Å². The molecule has 118 valence electrons. The van der Waals surface area contributed by atoms with Crippen molar-refractivity contribution in [3.63, 3.8) is 0 Å². The average Bonchev–Trinajstić information content (AvgIpc) is 2.88. The fourth-order valence-corrected chi connectivity index (χ4v) is 2.62. The summed E-state index contributed by atoms with van der Waals surface area (Å²) in [5.74, 6) is -1.42. The minimum Gasteiger partial charge on any atom is -0.294 e. The first-order chi connectivity index (χ1) is 10.0. The molecule has 21 heavy (non-hydrogen) atoms. The van der Waals surface area contributed by atoms with Crippen LogP contribution in [0.4, 0.5) is 4.39 Å². The number of unbranched alkanes of at least 4 members (excludes halogenated alkanes) is 5. The largest absolute Gasteiger partial charge is 0.294 e. The zero-order valence-electron chi connectivity index (χ0n) is 12.0. The molecule has 0 saturated heterocycles. The lowest BCUT2D eigenvalue weighted by Crippen LogP contribution is -2.33. The van der Waals surface area contributed by atoms with E-state index in [1.807, 2.05) is 0 Å². The fourth-order valence-electron chi connectivity index (χ4n) is 1.84. The standard InChI is InChI=1S/C14H20ClFN2O2S/c1-2-3-4-5-6-7-8-11(19)18-13(20)12(16)10-9-21-14(15)17-10/h9,12H,2-8H2,1H3,(H,18,19,20). The third-order valence-electron chi connectivity index (χ3n) is 3.00. The van der Waals surface area contributed by atoms with Crippen LogP contribution in [0.15, 0.2) is 5.38 Å². The molecular formula is C14H20ClFN2O2S. The molecule has 1 rings (SSSR count). The van der Waals surface area contributed by atoms with E-state index in [1.54, 1.807) is 0 Å². The second-order valence-corrected chi connectivity index (χ2v) is 6.26. The van der Waals surface area contributed by atoms with Crippen molar-refractivity contribution in [2.75, 3.05) is 0 Å². The summed E-state index contributed by atoms with van der Waals surface area (Å²) in [4.78, 5) is 26.8. The molecular weight excluding hydrogens is 315 g/mol. The van der Waals surface area contributed by atoms with E-state index in [1.165, 1.54) is 18.2 Å². The SMILES string of the molecule is CCCCCCCCC(=O)NC(=O)C(F)c1csc(Cl)n1. The molecule has 1 N–H and O–H groups in total. The van der Waals surface area contributed by atoms with Gasteiger partial charge < -0.3 is 0 Å². The first kappa shape index (κ1) is 18.0. The Balaban J connectivity index is 2.23. The van der Waals surface area contributed by atoms with Crippen molar-refractivity contribution in [1.82, 2.24) is 10.3 Å². The molecule has 0 saturated carbocycles. The van der Waals surface area contributed by atoms with E-state index in [4.69, 9.17) is 11.6 Å². The number of amides is 2. The van der Waals surface area contributed by atoms with Crippen LogP contribution >= 0.6 is 22.9 Å². The van der Waals surface area contributed by atoms with Gasteiger partial charge in [-0.1, -0.05) is 50.6 Å². The summed E-state index contributed by atoms with van der Waals surface area (Å²) < 4.78 is 13.9. The molecule has 2 amide bonds. The molecule has 0 aliphatic carbocycles. The average molecular weight is 335 g/mol. The van der Waals surface area contributed by atoms with E-state index >= 15 is 0 Å². The molecule has 0 bridgehead atoms. The maximum absolute atomic E-state index is 13.8. The van der Waals surface area contributed by atoms with Gasteiger partial charge in [-0.3, -0.25) is 14.9 Å². The van der Waals surface area contributed by atoms with Crippen molar-refractivity contribution in [1.29, 1.82) is 0 Å². The van der Waals surface area contributed by atoms with Crippen LogP contribution in [0.5, 0.6) is 0 Å². The number of hydrogen-bond donors (Lipinski definition) is 1. The van der Waals surface area contributed by atoms with Gasteiger partial charge >= 0.3 is 0 Å². The van der Waals surface area contributed by atoms with Crippen LogP contribution in [-0.4, -0.2) is 16.8 Å². The highest BCUT2D eigenvalue weighted by Crippen LogP contribution is 2.23. The number of thiazole rings is 1. The van der Waals surface area contributed by atoms with Crippen molar-refractivity contribution in [3.8, 4) is 0 Å². The van der Waals surface area contributed by atoms with Gasteiger partial charge in [0.15, 0.2) is 4.47 Å². The smallest absolute Gasteiger partial charge is 0.267 e. The molecule has 0 aliphatic heterocycles.